The molecule has 13 heteroatoms. The van der Waals surface area contributed by atoms with Crippen molar-refractivity contribution in [2.24, 2.45) is 0 Å². The number of ether oxygens (including phenoxy) is 4. The molecule has 0 N–H and O–H groups in total. The number of benzene rings is 4. The van der Waals surface area contributed by atoms with Gasteiger partial charge in [0.2, 0.25) is 0 Å². The highest BCUT2D eigenvalue weighted by molar-refractivity contribution is 7.16. The molecule has 4 heterocycles. The maximum atomic E-state index is 10.7. The van der Waals surface area contributed by atoms with Crippen LogP contribution in [0.5, 0.6) is 23.0 Å². The Balaban J connectivity index is 0.000000175. The van der Waals surface area contributed by atoms with E-state index in [0.717, 1.165) is 54.9 Å². The number of anilines is 2. The van der Waals surface area contributed by atoms with Crippen LogP contribution in [0.1, 0.15) is 62.6 Å². The molecule has 10 nitrogen and oxygen atoms in total. The van der Waals surface area contributed by atoms with Crippen LogP contribution in [0.15, 0.2) is 60.7 Å². The number of likely N-dealkylation sites (N-methyl/N-ethyl adjacent to an activating group) is 2. The molecular weight excluding hydrogens is 775 g/mol. The van der Waals surface area contributed by atoms with E-state index in [1.54, 1.807) is 14.2 Å². The lowest BCUT2D eigenvalue weighted by Gasteiger charge is -2.15. The second-order valence-corrected chi connectivity index (χ2v) is 14.5. The number of hydrogen-bond acceptors (Lipinski definition) is 11. The SMILES string of the molecule is CC=O.CC=O.COc1cc2c(c3ccccc13)C(CCl)CN2C.COc1cc2c(c3ccccc13)[C@H](CCl)CN2C.O=Cc1sc(C=O)c2c1OCCCO2. The molecule has 0 saturated carbocycles. The molecule has 5 aromatic rings. The maximum absolute atomic E-state index is 10.7. The van der Waals surface area contributed by atoms with Gasteiger partial charge >= 0.3 is 0 Å². The van der Waals surface area contributed by atoms with E-state index in [1.807, 2.05) is 12.1 Å². The fourth-order valence-electron chi connectivity index (χ4n) is 7.09. The van der Waals surface area contributed by atoms with Crippen molar-refractivity contribution in [2.75, 3.05) is 76.2 Å². The minimum atomic E-state index is 0.405. The van der Waals surface area contributed by atoms with E-state index in [9.17, 15) is 9.59 Å². The van der Waals surface area contributed by atoms with E-state index in [4.69, 9.17) is 51.7 Å². The van der Waals surface area contributed by atoms with Crippen LogP contribution in [0.2, 0.25) is 0 Å². The van der Waals surface area contributed by atoms with Crippen molar-refractivity contribution in [1.29, 1.82) is 0 Å². The quantitative estimate of drug-likeness (QED) is 0.121. The summed E-state index contributed by atoms with van der Waals surface area (Å²) in [5, 5.41) is 4.87. The third kappa shape index (κ3) is 9.57. The second kappa shape index (κ2) is 21.5. The van der Waals surface area contributed by atoms with E-state index in [-0.39, 0.29) is 0 Å². The molecule has 0 radical (unpaired) electrons. The summed E-state index contributed by atoms with van der Waals surface area (Å²) in [6.07, 6.45) is 3.63. The smallest absolute Gasteiger partial charge is 0.183 e. The van der Waals surface area contributed by atoms with Crippen molar-refractivity contribution < 1.29 is 38.1 Å². The van der Waals surface area contributed by atoms with E-state index in [2.05, 4.69) is 72.4 Å². The Hall–Kier alpha value is -4.84. The Labute approximate surface area is 342 Å². The number of hydrogen-bond donors (Lipinski definition) is 0. The van der Waals surface area contributed by atoms with Crippen molar-refractivity contribution in [3.63, 3.8) is 0 Å². The zero-order valence-electron chi connectivity index (χ0n) is 32.5. The van der Waals surface area contributed by atoms with Crippen LogP contribution in [0, 0.1) is 0 Å². The molecule has 1 unspecified atom stereocenters. The molecule has 0 aliphatic carbocycles. The first-order chi connectivity index (χ1) is 27.2. The van der Waals surface area contributed by atoms with E-state index in [0.29, 0.717) is 70.6 Å². The summed E-state index contributed by atoms with van der Waals surface area (Å²) >= 11 is 13.3. The number of methoxy groups -OCH3 is 2. The van der Waals surface area contributed by atoms with Gasteiger partial charge in [0.15, 0.2) is 24.1 Å². The molecule has 8 rings (SSSR count). The van der Waals surface area contributed by atoms with Gasteiger partial charge in [-0.1, -0.05) is 48.5 Å². The first-order valence-electron chi connectivity index (χ1n) is 18.1. The summed E-state index contributed by atoms with van der Waals surface area (Å²) in [4.78, 5) is 44.3. The maximum Gasteiger partial charge on any atom is 0.183 e. The van der Waals surface area contributed by atoms with Gasteiger partial charge in [-0.2, -0.15) is 0 Å². The lowest BCUT2D eigenvalue weighted by molar-refractivity contribution is -0.106. The van der Waals surface area contributed by atoms with Crippen LogP contribution in [-0.4, -0.2) is 91.5 Å². The molecule has 3 aliphatic heterocycles. The number of thiophene rings is 1. The normalized spacial score (nSPS) is 15.8. The number of alkyl halides is 2. The Bertz CT molecular complexity index is 1980. The standard InChI is InChI=1S/2C15H16ClNO.C9H8O4S.2C2H4O/c2*1-17-9-10(8-16)15-12-6-4-3-5-11(12)14(18-2)7-13(15)17;10-4-6-8-9(7(5-11)14-6)13-3-1-2-12-8;2*1-2-3/h2*3-7,10H,8-9H2,1-2H3;4-5H,1-3H2;2*2H,1H3/t10-;;;;/m1..../s1. The molecule has 0 bridgehead atoms. The van der Waals surface area contributed by atoms with Gasteiger partial charge in [-0.15, -0.1) is 34.5 Å². The highest BCUT2D eigenvalue weighted by Crippen LogP contribution is 2.46. The topological polar surface area (TPSA) is 112 Å². The predicted molar refractivity (Wildman–Crippen MR) is 229 cm³/mol. The van der Waals surface area contributed by atoms with Gasteiger partial charge in [-0.3, -0.25) is 9.59 Å². The summed E-state index contributed by atoms with van der Waals surface area (Å²) < 4.78 is 21.7. The van der Waals surface area contributed by atoms with Crippen molar-refractivity contribution in [1.82, 2.24) is 0 Å². The van der Waals surface area contributed by atoms with Gasteiger partial charge in [0.1, 0.15) is 33.8 Å². The van der Waals surface area contributed by atoms with Gasteiger partial charge in [-0.25, -0.2) is 0 Å². The molecule has 0 spiro atoms. The van der Waals surface area contributed by atoms with Gasteiger partial charge in [0.05, 0.1) is 27.4 Å². The van der Waals surface area contributed by atoms with Crippen LogP contribution < -0.4 is 28.7 Å². The average Bonchev–Trinajstić information content (AvgIpc) is 3.79. The minimum Gasteiger partial charge on any atom is -0.496 e. The van der Waals surface area contributed by atoms with Gasteiger partial charge in [-0.05, 0) is 35.7 Å². The first kappa shape index (κ1) is 43.9. The van der Waals surface area contributed by atoms with E-state index in [1.165, 1.54) is 57.9 Å². The van der Waals surface area contributed by atoms with Crippen molar-refractivity contribution in [2.45, 2.75) is 32.1 Å². The van der Waals surface area contributed by atoms with Gasteiger partial charge < -0.3 is 38.3 Å². The fraction of sp³-hybridized carbons (Fsp3) is 0.349. The van der Waals surface area contributed by atoms with Gasteiger partial charge in [0.25, 0.3) is 0 Å². The molecule has 298 valence electrons. The van der Waals surface area contributed by atoms with Crippen LogP contribution in [0.3, 0.4) is 0 Å². The number of rotatable bonds is 6. The number of aldehydes is 4. The molecule has 3 aliphatic rings. The molecule has 4 aromatic carbocycles. The fourth-order valence-corrected chi connectivity index (χ4v) is 8.42. The monoisotopic (exact) mass is 822 g/mol. The molecule has 1 aromatic heterocycles. The zero-order valence-corrected chi connectivity index (χ0v) is 34.8. The Morgan fingerprint density at radius 1 is 0.679 bits per heavy atom. The zero-order chi connectivity index (χ0) is 40.8. The lowest BCUT2D eigenvalue weighted by atomic mass is 9.95. The number of halogens is 2. The van der Waals surface area contributed by atoms with Crippen molar-refractivity contribution in [3.8, 4) is 23.0 Å². The number of nitrogens with zero attached hydrogens (tertiary/aromatic N) is 2. The number of carbonyl (C=O) groups is 4. The molecular formula is C43H48Cl2N2O8S. The Morgan fingerprint density at radius 3 is 1.36 bits per heavy atom. The summed E-state index contributed by atoms with van der Waals surface area (Å²) in [5.74, 6) is 4.85. The van der Waals surface area contributed by atoms with E-state index < -0.39 is 0 Å². The Morgan fingerprint density at radius 2 is 1.04 bits per heavy atom. The molecule has 2 atom stereocenters. The van der Waals surface area contributed by atoms with Crippen LogP contribution in [0.4, 0.5) is 11.4 Å². The summed E-state index contributed by atoms with van der Waals surface area (Å²) in [5.41, 5.74) is 5.22. The largest absolute Gasteiger partial charge is 0.496 e. The summed E-state index contributed by atoms with van der Waals surface area (Å²) in [6, 6.07) is 21.0. The third-order valence-electron chi connectivity index (χ3n) is 9.36. The van der Waals surface area contributed by atoms with Crippen molar-refractivity contribution in [3.05, 3.63) is 81.5 Å². The summed E-state index contributed by atoms with van der Waals surface area (Å²) in [7, 11) is 7.67. The third-order valence-corrected chi connectivity index (χ3v) is 11.1. The van der Waals surface area contributed by atoms with Gasteiger partial charge in [0, 0.05) is 91.5 Å². The molecule has 56 heavy (non-hydrogen) atoms. The first-order valence-corrected chi connectivity index (χ1v) is 20.0. The number of carbonyl (C=O) groups excluding carboxylic acids is 4. The molecule has 0 fully saturated rings. The highest BCUT2D eigenvalue weighted by atomic mass is 35.5. The molecule has 0 saturated heterocycles. The van der Waals surface area contributed by atoms with Crippen molar-refractivity contribution >= 4 is 92.6 Å². The second-order valence-electron chi connectivity index (χ2n) is 12.8. The highest BCUT2D eigenvalue weighted by Gasteiger charge is 2.30. The minimum absolute atomic E-state index is 0.405. The lowest BCUT2D eigenvalue weighted by Crippen LogP contribution is -2.15. The average molecular weight is 824 g/mol. The summed E-state index contributed by atoms with van der Waals surface area (Å²) in [6.45, 7) is 5.89. The molecule has 0 amide bonds. The van der Waals surface area contributed by atoms with Crippen LogP contribution in [-0.2, 0) is 9.59 Å². The Kier molecular flexibility index (Phi) is 16.8. The van der Waals surface area contributed by atoms with Crippen LogP contribution in [0.25, 0.3) is 21.5 Å². The van der Waals surface area contributed by atoms with Crippen LogP contribution >= 0.6 is 34.5 Å². The number of fused-ring (bicyclic) bond motifs is 7. The van der Waals surface area contributed by atoms with E-state index >= 15 is 0 Å². The predicted octanol–water partition coefficient (Wildman–Crippen LogP) is 9.19.